The zero-order chi connectivity index (χ0) is 17.8. The first-order valence-corrected chi connectivity index (χ1v) is 8.81. The molecule has 0 saturated heterocycles. The highest BCUT2D eigenvalue weighted by atomic mass is 16.2. The zero-order valence-corrected chi connectivity index (χ0v) is 14.8. The topological polar surface area (TPSA) is 49.4 Å². The summed E-state index contributed by atoms with van der Waals surface area (Å²) < 4.78 is 0. The summed E-state index contributed by atoms with van der Waals surface area (Å²) in [5.74, 6) is -0.0891. The van der Waals surface area contributed by atoms with E-state index >= 15 is 0 Å². The quantitative estimate of drug-likeness (QED) is 0.912. The second kappa shape index (κ2) is 7.51. The molecule has 2 amide bonds. The maximum atomic E-state index is 13.0. The monoisotopic (exact) mass is 336 g/mol. The molecule has 0 fully saturated rings. The number of rotatable bonds is 5. The molecule has 0 aliphatic carbocycles. The van der Waals surface area contributed by atoms with Crippen LogP contribution in [-0.2, 0) is 22.6 Å². The van der Waals surface area contributed by atoms with Crippen LogP contribution in [0, 0.1) is 6.92 Å². The van der Waals surface area contributed by atoms with E-state index in [-0.39, 0.29) is 11.8 Å². The first kappa shape index (κ1) is 17.2. The Morgan fingerprint density at radius 1 is 1.16 bits per heavy atom. The van der Waals surface area contributed by atoms with Gasteiger partial charge in [0.15, 0.2) is 0 Å². The summed E-state index contributed by atoms with van der Waals surface area (Å²) in [5, 5.41) is 3.03. The van der Waals surface area contributed by atoms with Crippen LogP contribution in [0.3, 0.4) is 0 Å². The molecule has 2 aromatic carbocycles. The zero-order valence-electron chi connectivity index (χ0n) is 14.8. The van der Waals surface area contributed by atoms with E-state index in [2.05, 4.69) is 5.32 Å². The van der Waals surface area contributed by atoms with Gasteiger partial charge < -0.3 is 10.2 Å². The van der Waals surface area contributed by atoms with Crippen LogP contribution >= 0.6 is 0 Å². The average molecular weight is 336 g/mol. The number of aryl methyl sites for hydroxylation is 1. The summed E-state index contributed by atoms with van der Waals surface area (Å²) in [7, 11) is 0. The second-order valence-electron chi connectivity index (χ2n) is 6.51. The molecular weight excluding hydrogens is 312 g/mol. The Morgan fingerprint density at radius 3 is 2.64 bits per heavy atom. The van der Waals surface area contributed by atoms with Crippen LogP contribution < -0.4 is 5.32 Å². The van der Waals surface area contributed by atoms with E-state index in [1.165, 1.54) is 0 Å². The lowest BCUT2D eigenvalue weighted by Crippen LogP contribution is -2.47. The van der Waals surface area contributed by atoms with Crippen LogP contribution in [-0.4, -0.2) is 23.3 Å². The Balaban J connectivity index is 1.85. The first-order valence-electron chi connectivity index (χ1n) is 8.81. The minimum absolute atomic E-state index is 0.0246. The van der Waals surface area contributed by atoms with Gasteiger partial charge in [-0.2, -0.15) is 0 Å². The lowest BCUT2D eigenvalue weighted by Gasteiger charge is -2.36. The van der Waals surface area contributed by atoms with E-state index in [9.17, 15) is 9.59 Å². The largest absolute Gasteiger partial charge is 0.350 e. The summed E-state index contributed by atoms with van der Waals surface area (Å²) in [6, 6.07) is 15.2. The Hall–Kier alpha value is -2.62. The summed E-state index contributed by atoms with van der Waals surface area (Å²) in [5.41, 5.74) is 4.13. The van der Waals surface area contributed by atoms with Crippen molar-refractivity contribution in [3.8, 4) is 0 Å². The molecule has 0 radical (unpaired) electrons. The van der Waals surface area contributed by atoms with Gasteiger partial charge in [-0.3, -0.25) is 9.59 Å². The molecule has 4 heteroatoms. The standard InChI is InChI=1S/C21H24N2O2/c1-3-12-23-19(24)13-16-9-6-7-11-18(16)20(23)21(25)22-14-17-10-5-4-8-15(17)2/h4-11,20H,3,12-14H2,1-2H3,(H,22,25)/t20-/m0/s1. The van der Waals surface area contributed by atoms with Gasteiger partial charge in [-0.05, 0) is 35.6 Å². The molecule has 0 bridgehead atoms. The highest BCUT2D eigenvalue weighted by Crippen LogP contribution is 2.30. The van der Waals surface area contributed by atoms with Crippen LogP contribution in [0.5, 0.6) is 0 Å². The third-order valence-corrected chi connectivity index (χ3v) is 4.75. The molecule has 2 aromatic rings. The summed E-state index contributed by atoms with van der Waals surface area (Å²) in [6.45, 7) is 5.12. The third kappa shape index (κ3) is 3.58. The van der Waals surface area contributed by atoms with E-state index in [1.54, 1.807) is 4.90 Å². The van der Waals surface area contributed by atoms with Crippen LogP contribution in [0.4, 0.5) is 0 Å². The molecule has 1 atom stereocenters. The number of carbonyl (C=O) groups is 2. The van der Waals surface area contributed by atoms with Crippen molar-refractivity contribution < 1.29 is 9.59 Å². The highest BCUT2D eigenvalue weighted by molar-refractivity contribution is 5.92. The first-order chi connectivity index (χ1) is 12.1. The minimum Gasteiger partial charge on any atom is -0.350 e. The molecule has 25 heavy (non-hydrogen) atoms. The van der Waals surface area contributed by atoms with E-state index < -0.39 is 6.04 Å². The molecule has 4 nitrogen and oxygen atoms in total. The second-order valence-corrected chi connectivity index (χ2v) is 6.51. The SMILES string of the molecule is CCCN1C(=O)Cc2ccccc2[C@H]1C(=O)NCc1ccccc1C. The fourth-order valence-corrected chi connectivity index (χ4v) is 3.40. The van der Waals surface area contributed by atoms with Crippen LogP contribution in [0.2, 0.25) is 0 Å². The summed E-state index contributed by atoms with van der Waals surface area (Å²) in [4.78, 5) is 27.2. The number of carbonyl (C=O) groups excluding carboxylic acids is 2. The van der Waals surface area contributed by atoms with Gasteiger partial charge in [-0.15, -0.1) is 0 Å². The Bertz CT molecular complexity index is 785. The maximum Gasteiger partial charge on any atom is 0.247 e. The van der Waals surface area contributed by atoms with Gasteiger partial charge in [0.2, 0.25) is 11.8 Å². The molecule has 0 spiro atoms. The van der Waals surface area contributed by atoms with E-state index in [1.807, 2.05) is 62.4 Å². The van der Waals surface area contributed by atoms with Gasteiger partial charge in [-0.1, -0.05) is 55.5 Å². The van der Waals surface area contributed by atoms with Crippen molar-refractivity contribution >= 4 is 11.8 Å². The highest BCUT2D eigenvalue weighted by Gasteiger charge is 2.36. The Morgan fingerprint density at radius 2 is 1.88 bits per heavy atom. The smallest absolute Gasteiger partial charge is 0.247 e. The Kier molecular flexibility index (Phi) is 5.17. The van der Waals surface area contributed by atoms with E-state index in [4.69, 9.17) is 0 Å². The number of hydrogen-bond donors (Lipinski definition) is 1. The molecule has 130 valence electrons. The van der Waals surface area contributed by atoms with Crippen molar-refractivity contribution in [3.63, 3.8) is 0 Å². The van der Waals surface area contributed by atoms with E-state index in [0.29, 0.717) is 19.5 Å². The molecule has 0 unspecified atom stereocenters. The van der Waals surface area contributed by atoms with Gasteiger partial charge in [0.05, 0.1) is 6.42 Å². The number of nitrogens with one attached hydrogen (secondary N) is 1. The van der Waals surface area contributed by atoms with Crippen LogP contribution in [0.1, 0.15) is 41.6 Å². The number of hydrogen-bond acceptors (Lipinski definition) is 2. The third-order valence-electron chi connectivity index (χ3n) is 4.75. The average Bonchev–Trinajstić information content (AvgIpc) is 2.61. The van der Waals surface area contributed by atoms with Gasteiger partial charge in [-0.25, -0.2) is 0 Å². The molecule has 0 aromatic heterocycles. The van der Waals surface area contributed by atoms with Crippen molar-refractivity contribution in [1.29, 1.82) is 0 Å². The van der Waals surface area contributed by atoms with E-state index in [0.717, 1.165) is 28.7 Å². The summed E-state index contributed by atoms with van der Waals surface area (Å²) in [6.07, 6.45) is 1.20. The Labute approximate surface area is 148 Å². The van der Waals surface area contributed by atoms with Gasteiger partial charge in [0.25, 0.3) is 0 Å². The van der Waals surface area contributed by atoms with Crippen molar-refractivity contribution in [2.45, 2.75) is 39.3 Å². The van der Waals surface area contributed by atoms with Crippen LogP contribution in [0.15, 0.2) is 48.5 Å². The van der Waals surface area contributed by atoms with Gasteiger partial charge >= 0.3 is 0 Å². The molecule has 1 N–H and O–H groups in total. The van der Waals surface area contributed by atoms with Gasteiger partial charge in [0, 0.05) is 13.1 Å². The molecule has 3 rings (SSSR count). The fraction of sp³-hybridized carbons (Fsp3) is 0.333. The van der Waals surface area contributed by atoms with Gasteiger partial charge in [0.1, 0.15) is 6.04 Å². The normalized spacial score (nSPS) is 16.5. The molecule has 1 aliphatic rings. The number of fused-ring (bicyclic) bond motifs is 1. The summed E-state index contributed by atoms with van der Waals surface area (Å²) >= 11 is 0. The van der Waals surface area contributed by atoms with Crippen molar-refractivity contribution in [3.05, 3.63) is 70.8 Å². The molecular formula is C21H24N2O2. The lowest BCUT2D eigenvalue weighted by molar-refractivity contribution is -0.141. The van der Waals surface area contributed by atoms with Crippen LogP contribution in [0.25, 0.3) is 0 Å². The molecule has 1 aliphatic heterocycles. The number of amides is 2. The molecule has 1 heterocycles. The maximum absolute atomic E-state index is 13.0. The number of benzene rings is 2. The molecule has 0 saturated carbocycles. The lowest BCUT2D eigenvalue weighted by atomic mass is 9.91. The van der Waals surface area contributed by atoms with Crippen molar-refractivity contribution in [1.82, 2.24) is 10.2 Å². The van der Waals surface area contributed by atoms with Crippen molar-refractivity contribution in [2.24, 2.45) is 0 Å². The van der Waals surface area contributed by atoms with Crippen molar-refractivity contribution in [2.75, 3.05) is 6.54 Å². The number of nitrogens with zero attached hydrogens (tertiary/aromatic N) is 1. The predicted molar refractivity (Wildman–Crippen MR) is 97.9 cm³/mol. The predicted octanol–water partition coefficient (Wildman–Crippen LogP) is 3.15. The fourth-order valence-electron chi connectivity index (χ4n) is 3.40. The minimum atomic E-state index is -0.540.